The van der Waals surface area contributed by atoms with Crippen molar-refractivity contribution in [3.8, 4) is 23.0 Å². The number of para-hydroxylation sites is 1. The molecule has 0 spiro atoms. The van der Waals surface area contributed by atoms with Gasteiger partial charge in [0.15, 0.2) is 4.90 Å². The highest BCUT2D eigenvalue weighted by molar-refractivity contribution is 7.91. The number of sulfonamides is 1. The Morgan fingerprint density at radius 3 is 1.99 bits per heavy atom. The molecule has 402 valence electrons. The molecule has 0 bridgehead atoms. The summed E-state index contributed by atoms with van der Waals surface area (Å²) in [6.45, 7) is 3.87. The summed E-state index contributed by atoms with van der Waals surface area (Å²) in [4.78, 5) is 27.6. The topological polar surface area (TPSA) is 252 Å². The summed E-state index contributed by atoms with van der Waals surface area (Å²) in [7, 11) is -4.28. The zero-order valence-corrected chi connectivity index (χ0v) is 44.9. The van der Waals surface area contributed by atoms with Crippen LogP contribution in [0.15, 0.2) is 161 Å². The molecule has 2 atom stereocenters. The quantitative estimate of drug-likeness (QED) is 0.0130. The number of methoxy groups -OCH3 is 3. The monoisotopic (exact) mass is 1110 g/mol. The van der Waals surface area contributed by atoms with E-state index in [9.17, 15) is 31.7 Å². The molecule has 0 aliphatic heterocycles. The van der Waals surface area contributed by atoms with Crippen molar-refractivity contribution in [1.29, 1.82) is 0 Å². The van der Waals surface area contributed by atoms with E-state index < -0.39 is 53.2 Å². The third kappa shape index (κ3) is 13.1. The van der Waals surface area contributed by atoms with Crippen LogP contribution in [0.3, 0.4) is 0 Å². The molecule has 6 aromatic carbocycles. The van der Waals surface area contributed by atoms with E-state index in [2.05, 4.69) is 25.3 Å². The van der Waals surface area contributed by atoms with Gasteiger partial charge >= 0.3 is 16.1 Å². The number of hydrogen-bond donors (Lipinski definition) is 2. The maximum atomic E-state index is 14.7. The van der Waals surface area contributed by atoms with E-state index in [0.717, 1.165) is 29.0 Å². The fourth-order valence-corrected chi connectivity index (χ4v) is 12.2. The van der Waals surface area contributed by atoms with Crippen LogP contribution in [0.5, 0.6) is 23.0 Å². The average molecular weight is 1110 g/mol. The predicted molar refractivity (Wildman–Crippen MR) is 286 cm³/mol. The first kappa shape index (κ1) is 55.4. The fourth-order valence-electron chi connectivity index (χ4n) is 8.50. The zero-order valence-electron chi connectivity index (χ0n) is 42.5. The van der Waals surface area contributed by atoms with E-state index in [0.29, 0.717) is 62.1 Å². The molecule has 0 fully saturated rings. The second kappa shape index (κ2) is 24.5. The van der Waals surface area contributed by atoms with Gasteiger partial charge in [-0.2, -0.15) is 13.1 Å². The number of ether oxygens (including phenoxy) is 5. The highest BCUT2D eigenvalue weighted by Gasteiger charge is 2.42. The van der Waals surface area contributed by atoms with Gasteiger partial charge in [-0.25, -0.2) is 18.1 Å². The number of nitro groups is 1. The van der Waals surface area contributed by atoms with Crippen molar-refractivity contribution in [2.45, 2.75) is 53.7 Å². The van der Waals surface area contributed by atoms with E-state index in [1.54, 1.807) is 91.8 Å². The second-order valence-corrected chi connectivity index (χ2v) is 22.2. The van der Waals surface area contributed by atoms with Crippen molar-refractivity contribution in [2.24, 2.45) is 5.92 Å². The van der Waals surface area contributed by atoms with Gasteiger partial charge < -0.3 is 29.0 Å². The number of aromatic nitrogens is 4. The Morgan fingerprint density at radius 2 is 1.36 bits per heavy atom. The van der Waals surface area contributed by atoms with E-state index in [1.807, 2.05) is 68.4 Å². The van der Waals surface area contributed by atoms with E-state index in [1.165, 1.54) is 19.2 Å². The lowest BCUT2D eigenvalue weighted by Gasteiger charge is -2.36. The van der Waals surface area contributed by atoms with Crippen LogP contribution in [-0.4, -0.2) is 94.8 Å². The first-order chi connectivity index (χ1) is 37.0. The van der Waals surface area contributed by atoms with Gasteiger partial charge in [0.2, 0.25) is 4.34 Å². The Labute approximate surface area is 449 Å². The lowest BCUT2D eigenvalue weighted by atomic mass is 9.78. The van der Waals surface area contributed by atoms with Gasteiger partial charge in [-0.05, 0) is 95.3 Å². The number of hydrogen-bond acceptors (Lipinski definition) is 18. The number of thiazole rings is 1. The minimum absolute atomic E-state index is 0.0493. The molecule has 0 amide bonds. The van der Waals surface area contributed by atoms with Crippen molar-refractivity contribution in [3.63, 3.8) is 0 Å². The van der Waals surface area contributed by atoms with E-state index >= 15 is 0 Å². The van der Waals surface area contributed by atoms with Crippen LogP contribution in [0, 0.1) is 16.0 Å². The lowest BCUT2D eigenvalue weighted by molar-refractivity contribution is -0.387. The van der Waals surface area contributed by atoms with Gasteiger partial charge in [0.1, 0.15) is 60.1 Å². The number of nitrogens with one attached hydrogen (secondary N) is 2. The van der Waals surface area contributed by atoms with Crippen LogP contribution in [0.4, 0.5) is 5.69 Å². The molecule has 2 aromatic heterocycles. The van der Waals surface area contributed by atoms with Crippen LogP contribution in [-0.2, 0) is 52.4 Å². The number of rotatable bonds is 26. The van der Waals surface area contributed by atoms with Crippen molar-refractivity contribution >= 4 is 53.4 Å². The Kier molecular flexibility index (Phi) is 17.6. The zero-order chi connectivity index (χ0) is 54.7. The molecule has 8 aromatic rings. The third-order valence-electron chi connectivity index (χ3n) is 12.5. The van der Waals surface area contributed by atoms with E-state index in [-0.39, 0.29) is 42.5 Å². The molecule has 77 heavy (non-hydrogen) atoms. The lowest BCUT2D eigenvalue weighted by Crippen LogP contribution is -2.47. The number of nitro benzene ring substituents is 1. The molecule has 20 nitrogen and oxygen atoms in total. The number of esters is 1. The van der Waals surface area contributed by atoms with E-state index in [4.69, 9.17) is 27.9 Å². The SMILES string of the molecule is COC(=O)C(Cc1ccc(OCCOS(=O)(=O)c2ccccc2[N+](=O)[O-])cc1)NC[C@@H](C(C)C)n1cc(COc2ccc3nc(S(=O)(=O)NC(c4ccccc4)(c4ccc(OC)cc4)c4ccc(OC)cc4)sc3c2)nn1. The molecular formula is C54H55N7O13S3. The molecule has 0 saturated carbocycles. The molecule has 0 saturated heterocycles. The minimum Gasteiger partial charge on any atom is -0.497 e. The predicted octanol–water partition coefficient (Wildman–Crippen LogP) is 8.02. The van der Waals surface area contributed by atoms with Crippen molar-refractivity contribution in [3.05, 3.63) is 190 Å². The molecule has 0 radical (unpaired) electrons. The smallest absolute Gasteiger partial charge is 0.323 e. The summed E-state index contributed by atoms with van der Waals surface area (Å²) in [6, 6.07) is 39.7. The summed E-state index contributed by atoms with van der Waals surface area (Å²) in [6.07, 6.45) is 2.04. The first-order valence-corrected chi connectivity index (χ1v) is 27.7. The highest BCUT2D eigenvalue weighted by Crippen LogP contribution is 2.41. The maximum Gasteiger partial charge on any atom is 0.323 e. The van der Waals surface area contributed by atoms with Crippen LogP contribution < -0.4 is 29.0 Å². The standard InChI is InChI=1S/C54H55N7O13S3/c1-36(2)49(33-55-47(52(62)71-5)31-37-15-21-44(22-16-37)72-29-30-74-77(67,68)51-14-10-9-13-48(51)61(63)64)60-34-41(57-59-60)35-73-45-27-28-46-50(32-45)75-53(56-46)76(65,66)58-54(38-11-7-6-8-12-38,39-17-23-42(69-3)24-18-39)40-19-25-43(70-4)26-20-40/h6-28,32,34,36,47,49,55,58H,29-31,33,35H2,1-5H3/t47?,49-/m0/s1. The Balaban J connectivity index is 0.901. The maximum absolute atomic E-state index is 14.7. The normalized spacial score (nSPS) is 12.8. The molecular weight excluding hydrogens is 1050 g/mol. The van der Waals surface area contributed by atoms with Gasteiger partial charge in [0.05, 0.1) is 48.7 Å². The molecule has 0 aliphatic carbocycles. The van der Waals surface area contributed by atoms with Gasteiger partial charge in [-0.1, -0.05) is 97.9 Å². The highest BCUT2D eigenvalue weighted by atomic mass is 32.2. The fraction of sp³-hybridized carbons (Fsp3) is 0.259. The Morgan fingerprint density at radius 1 is 0.753 bits per heavy atom. The van der Waals surface area contributed by atoms with Gasteiger partial charge in [0.25, 0.3) is 15.7 Å². The number of carbonyl (C=O) groups is 1. The average Bonchev–Trinajstić information content (AvgIpc) is 4.17. The molecule has 2 N–H and O–H groups in total. The van der Waals surface area contributed by atoms with Gasteiger partial charge in [0, 0.05) is 12.6 Å². The largest absolute Gasteiger partial charge is 0.497 e. The van der Waals surface area contributed by atoms with Gasteiger partial charge in [-0.3, -0.25) is 19.1 Å². The van der Waals surface area contributed by atoms with Crippen LogP contribution >= 0.6 is 11.3 Å². The van der Waals surface area contributed by atoms with Crippen molar-refractivity contribution < 1.29 is 54.4 Å². The van der Waals surface area contributed by atoms with Crippen molar-refractivity contribution in [1.82, 2.24) is 30.0 Å². The third-order valence-corrected chi connectivity index (χ3v) is 16.7. The summed E-state index contributed by atoms with van der Waals surface area (Å²) in [5.41, 5.74) is 1.74. The summed E-state index contributed by atoms with van der Waals surface area (Å²) in [5, 5.41) is 23.4. The molecule has 2 heterocycles. The van der Waals surface area contributed by atoms with Crippen LogP contribution in [0.1, 0.15) is 47.8 Å². The van der Waals surface area contributed by atoms with Crippen molar-refractivity contribution in [2.75, 3.05) is 41.1 Å². The van der Waals surface area contributed by atoms with Crippen LogP contribution in [0.2, 0.25) is 0 Å². The molecule has 1 unspecified atom stereocenters. The van der Waals surface area contributed by atoms with Gasteiger partial charge in [-0.15, -0.1) is 16.4 Å². The minimum atomic E-state index is -4.41. The Hall–Kier alpha value is -7.80. The number of fused-ring (bicyclic) bond motifs is 1. The molecule has 8 rings (SSSR count). The second-order valence-electron chi connectivity index (χ2n) is 17.8. The Bertz CT molecular complexity index is 3480. The summed E-state index contributed by atoms with van der Waals surface area (Å²) in [5.74, 6) is 1.67. The molecule has 23 heteroatoms. The molecule has 0 aliphatic rings. The summed E-state index contributed by atoms with van der Waals surface area (Å²) >= 11 is 1.01. The number of carbonyl (C=O) groups excluding carboxylic acids is 1. The summed E-state index contributed by atoms with van der Waals surface area (Å²) < 4.78 is 92.7. The van der Waals surface area contributed by atoms with Crippen LogP contribution in [0.25, 0.3) is 10.2 Å². The number of benzene rings is 6. The number of nitrogens with zero attached hydrogens (tertiary/aromatic N) is 5. The first-order valence-electron chi connectivity index (χ1n) is 24.0.